The fraction of sp³-hybridized carbons (Fsp3) is 0.375. The van der Waals surface area contributed by atoms with Crippen molar-refractivity contribution in [3.8, 4) is 0 Å². The number of hydrogen-bond acceptors (Lipinski definition) is 3. The van der Waals surface area contributed by atoms with Gasteiger partial charge in [-0.2, -0.15) is 0 Å². The Morgan fingerprint density at radius 1 is 1.19 bits per heavy atom. The first kappa shape index (κ1) is 22.3. The van der Waals surface area contributed by atoms with E-state index in [1.807, 2.05) is 51.4 Å². The first-order chi connectivity index (χ1) is 14.6. The SMILES string of the molecule is CCCc1cc(C)[nH]c(=O)c1CNC(=O)c1cc(C(=O)O)cc2c1c(C)cn2C(C)C. The highest BCUT2D eigenvalue weighted by Gasteiger charge is 2.20. The number of carbonyl (C=O) groups is 2. The molecule has 7 nitrogen and oxygen atoms in total. The quantitative estimate of drug-likeness (QED) is 0.532. The maximum absolute atomic E-state index is 13.2. The van der Waals surface area contributed by atoms with Crippen LogP contribution in [-0.2, 0) is 13.0 Å². The zero-order valence-electron chi connectivity index (χ0n) is 18.6. The molecule has 3 rings (SSSR count). The second-order valence-corrected chi connectivity index (χ2v) is 8.25. The smallest absolute Gasteiger partial charge is 0.335 e. The highest BCUT2D eigenvalue weighted by atomic mass is 16.4. The van der Waals surface area contributed by atoms with E-state index in [-0.39, 0.29) is 23.7 Å². The number of aryl methyl sites for hydroxylation is 3. The fourth-order valence-electron chi connectivity index (χ4n) is 4.05. The summed E-state index contributed by atoms with van der Waals surface area (Å²) in [6.07, 6.45) is 3.56. The van der Waals surface area contributed by atoms with Crippen LogP contribution in [0.25, 0.3) is 10.9 Å². The molecule has 0 saturated carbocycles. The van der Waals surface area contributed by atoms with E-state index in [1.54, 1.807) is 6.07 Å². The van der Waals surface area contributed by atoms with E-state index in [0.717, 1.165) is 35.0 Å². The van der Waals surface area contributed by atoms with Gasteiger partial charge in [0.2, 0.25) is 0 Å². The van der Waals surface area contributed by atoms with Gasteiger partial charge >= 0.3 is 5.97 Å². The van der Waals surface area contributed by atoms with Crippen LogP contribution in [0.1, 0.15) is 76.3 Å². The van der Waals surface area contributed by atoms with Gasteiger partial charge in [-0.1, -0.05) is 13.3 Å². The molecule has 0 aliphatic heterocycles. The van der Waals surface area contributed by atoms with Gasteiger partial charge in [0.05, 0.1) is 11.1 Å². The van der Waals surface area contributed by atoms with Crippen molar-refractivity contribution in [1.82, 2.24) is 14.9 Å². The van der Waals surface area contributed by atoms with Crippen LogP contribution in [0.4, 0.5) is 0 Å². The Kier molecular flexibility index (Phi) is 6.34. The molecular formula is C24H29N3O4. The number of carbonyl (C=O) groups excluding carboxylic acids is 1. The Morgan fingerprint density at radius 3 is 2.52 bits per heavy atom. The molecule has 3 aromatic rings. The predicted octanol–water partition coefficient (Wildman–Crippen LogP) is 4.11. The lowest BCUT2D eigenvalue weighted by atomic mass is 10.0. The normalized spacial score (nSPS) is 11.3. The van der Waals surface area contributed by atoms with Crippen molar-refractivity contribution >= 4 is 22.8 Å². The Balaban J connectivity index is 2.04. The summed E-state index contributed by atoms with van der Waals surface area (Å²) in [7, 11) is 0. The minimum Gasteiger partial charge on any atom is -0.478 e. The van der Waals surface area contributed by atoms with E-state index in [9.17, 15) is 19.5 Å². The summed E-state index contributed by atoms with van der Waals surface area (Å²) in [5.41, 5.74) is 3.96. The van der Waals surface area contributed by atoms with Gasteiger partial charge in [0.1, 0.15) is 0 Å². The van der Waals surface area contributed by atoms with Crippen molar-refractivity contribution in [3.63, 3.8) is 0 Å². The summed E-state index contributed by atoms with van der Waals surface area (Å²) < 4.78 is 1.97. The second kappa shape index (κ2) is 8.79. The zero-order chi connectivity index (χ0) is 22.9. The second-order valence-electron chi connectivity index (χ2n) is 8.25. The van der Waals surface area contributed by atoms with Crippen LogP contribution >= 0.6 is 0 Å². The van der Waals surface area contributed by atoms with Crippen LogP contribution in [0, 0.1) is 13.8 Å². The Morgan fingerprint density at radius 2 is 1.90 bits per heavy atom. The molecule has 0 atom stereocenters. The van der Waals surface area contributed by atoms with Crippen molar-refractivity contribution in [2.24, 2.45) is 0 Å². The number of amides is 1. The van der Waals surface area contributed by atoms with E-state index < -0.39 is 11.9 Å². The van der Waals surface area contributed by atoms with Crippen LogP contribution in [0.15, 0.2) is 29.2 Å². The average Bonchev–Trinajstić information content (AvgIpc) is 3.03. The van der Waals surface area contributed by atoms with Crippen molar-refractivity contribution in [2.75, 3.05) is 0 Å². The van der Waals surface area contributed by atoms with E-state index in [0.29, 0.717) is 16.6 Å². The number of nitrogens with zero attached hydrogens (tertiary/aromatic N) is 1. The number of fused-ring (bicyclic) bond motifs is 1. The molecule has 0 aliphatic rings. The third-order valence-corrected chi connectivity index (χ3v) is 5.48. The number of benzene rings is 1. The molecule has 0 aliphatic carbocycles. The van der Waals surface area contributed by atoms with Crippen molar-refractivity contribution < 1.29 is 14.7 Å². The fourth-order valence-corrected chi connectivity index (χ4v) is 4.05. The van der Waals surface area contributed by atoms with Crippen molar-refractivity contribution in [3.05, 3.63) is 68.3 Å². The van der Waals surface area contributed by atoms with Gasteiger partial charge in [-0.3, -0.25) is 9.59 Å². The van der Waals surface area contributed by atoms with Gasteiger partial charge in [-0.15, -0.1) is 0 Å². The number of carboxylic acids is 1. The molecule has 0 saturated heterocycles. The van der Waals surface area contributed by atoms with Crippen molar-refractivity contribution in [1.29, 1.82) is 0 Å². The maximum atomic E-state index is 13.2. The van der Waals surface area contributed by atoms with E-state index in [4.69, 9.17) is 0 Å². The summed E-state index contributed by atoms with van der Waals surface area (Å²) >= 11 is 0. The molecule has 0 spiro atoms. The molecule has 0 radical (unpaired) electrons. The van der Waals surface area contributed by atoms with Crippen LogP contribution < -0.4 is 10.9 Å². The predicted molar refractivity (Wildman–Crippen MR) is 121 cm³/mol. The molecule has 2 heterocycles. The Hall–Kier alpha value is -3.35. The first-order valence-corrected chi connectivity index (χ1v) is 10.5. The molecule has 164 valence electrons. The molecule has 0 bridgehead atoms. The van der Waals surface area contributed by atoms with Crippen molar-refractivity contribution in [2.45, 2.75) is 60.0 Å². The van der Waals surface area contributed by atoms with Gasteiger partial charge in [-0.25, -0.2) is 4.79 Å². The number of nitrogens with one attached hydrogen (secondary N) is 2. The largest absolute Gasteiger partial charge is 0.478 e. The van der Waals surface area contributed by atoms with E-state index in [2.05, 4.69) is 10.3 Å². The molecule has 2 aromatic heterocycles. The lowest BCUT2D eigenvalue weighted by Gasteiger charge is -2.13. The summed E-state index contributed by atoms with van der Waals surface area (Å²) in [4.78, 5) is 40.1. The summed E-state index contributed by atoms with van der Waals surface area (Å²) in [6, 6.07) is 5.05. The third kappa shape index (κ3) is 4.40. The molecule has 1 aromatic carbocycles. The summed E-state index contributed by atoms with van der Waals surface area (Å²) in [5, 5.41) is 13.1. The molecule has 0 fully saturated rings. The number of aromatic amines is 1. The van der Waals surface area contributed by atoms with Crippen LogP contribution in [0.5, 0.6) is 0 Å². The number of aromatic nitrogens is 2. The molecule has 31 heavy (non-hydrogen) atoms. The zero-order valence-corrected chi connectivity index (χ0v) is 18.6. The number of rotatable bonds is 7. The lowest BCUT2D eigenvalue weighted by Crippen LogP contribution is -2.28. The topological polar surface area (TPSA) is 104 Å². The minimum atomic E-state index is -1.09. The van der Waals surface area contributed by atoms with E-state index in [1.165, 1.54) is 6.07 Å². The number of pyridine rings is 1. The minimum absolute atomic E-state index is 0.0532. The van der Waals surface area contributed by atoms with E-state index >= 15 is 0 Å². The van der Waals surface area contributed by atoms with Gasteiger partial charge in [0.25, 0.3) is 11.5 Å². The van der Waals surface area contributed by atoms with Crippen LogP contribution in [-0.4, -0.2) is 26.5 Å². The highest BCUT2D eigenvalue weighted by Crippen LogP contribution is 2.29. The molecule has 3 N–H and O–H groups in total. The van der Waals surface area contributed by atoms with Gasteiger partial charge in [0.15, 0.2) is 0 Å². The number of hydrogen-bond donors (Lipinski definition) is 3. The molecular weight excluding hydrogens is 394 g/mol. The highest BCUT2D eigenvalue weighted by molar-refractivity contribution is 6.10. The number of aromatic carboxylic acids is 1. The summed E-state index contributed by atoms with van der Waals surface area (Å²) in [5.74, 6) is -1.49. The lowest BCUT2D eigenvalue weighted by molar-refractivity contribution is 0.0697. The molecule has 0 unspecified atom stereocenters. The Bertz CT molecular complexity index is 1220. The first-order valence-electron chi connectivity index (χ1n) is 10.5. The number of carboxylic acid groups (broad SMARTS) is 1. The Labute approximate surface area is 181 Å². The van der Waals surface area contributed by atoms with Crippen LogP contribution in [0.3, 0.4) is 0 Å². The van der Waals surface area contributed by atoms with Crippen LogP contribution in [0.2, 0.25) is 0 Å². The van der Waals surface area contributed by atoms with Gasteiger partial charge in [-0.05, 0) is 63.4 Å². The summed E-state index contributed by atoms with van der Waals surface area (Å²) in [6.45, 7) is 9.86. The molecule has 1 amide bonds. The molecule has 7 heteroatoms. The van der Waals surface area contributed by atoms with Gasteiger partial charge < -0.3 is 20.0 Å². The standard InChI is InChI=1S/C24H29N3O4/c1-6-7-16-8-15(5)26-23(29)19(16)11-25-22(28)18-9-17(24(30)31)10-20-21(18)14(4)12-27(20)13(2)3/h8-10,12-13H,6-7,11H2,1-5H3,(H,25,28)(H,26,29)(H,30,31). The average molecular weight is 424 g/mol. The maximum Gasteiger partial charge on any atom is 0.335 e. The third-order valence-electron chi connectivity index (χ3n) is 5.48. The number of H-pyrrole nitrogens is 1. The van der Waals surface area contributed by atoms with Gasteiger partial charge in [0, 0.05) is 41.0 Å². The monoisotopic (exact) mass is 423 g/mol.